The monoisotopic (exact) mass is 238 g/mol. The molecule has 94 valence electrons. The Bertz CT molecular complexity index is 371. The predicted octanol–water partition coefficient (Wildman–Crippen LogP) is 0.151. The maximum Gasteiger partial charge on any atom is 0.241 e. The van der Waals surface area contributed by atoms with E-state index in [-0.39, 0.29) is 12.5 Å². The molecule has 1 atom stereocenters. The average Bonchev–Trinajstić information content (AvgIpc) is 2.90. The van der Waals surface area contributed by atoms with Crippen LogP contribution in [0.5, 0.6) is 0 Å². The molecule has 2 rings (SSSR count). The number of nitrogens with zero attached hydrogens (tertiary/aromatic N) is 2. The second kappa shape index (κ2) is 5.67. The van der Waals surface area contributed by atoms with E-state index in [0.717, 1.165) is 25.9 Å². The fourth-order valence-corrected chi connectivity index (χ4v) is 1.91. The molecule has 1 aliphatic rings. The van der Waals surface area contributed by atoms with Gasteiger partial charge in [-0.05, 0) is 25.3 Å². The Balaban J connectivity index is 1.63. The van der Waals surface area contributed by atoms with Gasteiger partial charge in [-0.15, -0.1) is 0 Å². The Hall–Kier alpha value is -1.56. The lowest BCUT2D eigenvalue weighted by Gasteiger charge is -2.10. The highest BCUT2D eigenvalue weighted by Gasteiger charge is 2.15. The molecule has 0 saturated carbocycles. The predicted molar refractivity (Wildman–Crippen MR) is 63.2 cm³/mol. The van der Waals surface area contributed by atoms with E-state index in [1.54, 1.807) is 12.3 Å². The smallest absolute Gasteiger partial charge is 0.241 e. The standard InChI is InChI=1S/C11H18N4O2/c12-10-4-6-15(14-10)8-11(16)13-5-3-9-2-1-7-17-9/h4,6,9H,1-3,5,7-8H2,(H2,12,14)(H,13,16). The highest BCUT2D eigenvalue weighted by atomic mass is 16.5. The van der Waals surface area contributed by atoms with Gasteiger partial charge in [-0.2, -0.15) is 5.10 Å². The van der Waals surface area contributed by atoms with Crippen molar-refractivity contribution < 1.29 is 9.53 Å². The zero-order valence-corrected chi connectivity index (χ0v) is 9.76. The number of nitrogen functional groups attached to an aromatic ring is 1. The molecule has 0 aromatic carbocycles. The van der Waals surface area contributed by atoms with E-state index in [4.69, 9.17) is 10.5 Å². The lowest BCUT2D eigenvalue weighted by molar-refractivity contribution is -0.121. The lowest BCUT2D eigenvalue weighted by atomic mass is 10.2. The fourth-order valence-electron chi connectivity index (χ4n) is 1.91. The second-order valence-electron chi connectivity index (χ2n) is 4.21. The van der Waals surface area contributed by atoms with E-state index in [2.05, 4.69) is 10.4 Å². The molecule has 1 saturated heterocycles. The first-order chi connectivity index (χ1) is 8.24. The number of carbonyl (C=O) groups excluding carboxylic acids is 1. The topological polar surface area (TPSA) is 82.2 Å². The van der Waals surface area contributed by atoms with Crippen molar-refractivity contribution in [3.63, 3.8) is 0 Å². The van der Waals surface area contributed by atoms with E-state index in [9.17, 15) is 4.79 Å². The zero-order valence-electron chi connectivity index (χ0n) is 9.76. The van der Waals surface area contributed by atoms with Gasteiger partial charge >= 0.3 is 0 Å². The number of nitrogens with two attached hydrogens (primary N) is 1. The minimum absolute atomic E-state index is 0.0499. The normalized spacial score (nSPS) is 19.4. The molecule has 0 spiro atoms. The molecule has 6 heteroatoms. The van der Waals surface area contributed by atoms with E-state index in [1.165, 1.54) is 4.68 Å². The molecule has 1 fully saturated rings. The Morgan fingerprint density at radius 2 is 2.59 bits per heavy atom. The van der Waals surface area contributed by atoms with E-state index in [0.29, 0.717) is 18.5 Å². The Morgan fingerprint density at radius 3 is 3.24 bits per heavy atom. The minimum atomic E-state index is -0.0499. The van der Waals surface area contributed by atoms with Gasteiger partial charge in [0, 0.05) is 19.3 Å². The second-order valence-corrected chi connectivity index (χ2v) is 4.21. The third-order valence-electron chi connectivity index (χ3n) is 2.78. The fraction of sp³-hybridized carbons (Fsp3) is 0.636. The van der Waals surface area contributed by atoms with Crippen molar-refractivity contribution in [1.82, 2.24) is 15.1 Å². The average molecular weight is 238 g/mol. The van der Waals surface area contributed by atoms with Gasteiger partial charge in [-0.1, -0.05) is 0 Å². The van der Waals surface area contributed by atoms with Crippen molar-refractivity contribution in [3.05, 3.63) is 12.3 Å². The van der Waals surface area contributed by atoms with Crippen molar-refractivity contribution in [2.45, 2.75) is 31.9 Å². The maximum absolute atomic E-state index is 11.5. The quantitative estimate of drug-likeness (QED) is 0.765. The third-order valence-corrected chi connectivity index (χ3v) is 2.78. The molecule has 0 aliphatic carbocycles. The molecular formula is C11H18N4O2. The van der Waals surface area contributed by atoms with Crippen LogP contribution in [0.4, 0.5) is 5.82 Å². The summed E-state index contributed by atoms with van der Waals surface area (Å²) in [4.78, 5) is 11.5. The molecule has 0 bridgehead atoms. The van der Waals surface area contributed by atoms with Crippen molar-refractivity contribution >= 4 is 11.7 Å². The number of hydrogen-bond acceptors (Lipinski definition) is 4. The first kappa shape index (κ1) is 11.9. The third kappa shape index (κ3) is 3.74. The van der Waals surface area contributed by atoms with Crippen LogP contribution < -0.4 is 11.1 Å². The minimum Gasteiger partial charge on any atom is -0.382 e. The molecule has 1 aromatic heterocycles. The number of nitrogens with one attached hydrogen (secondary N) is 1. The van der Waals surface area contributed by atoms with Gasteiger partial charge in [0.25, 0.3) is 0 Å². The Morgan fingerprint density at radius 1 is 1.71 bits per heavy atom. The lowest BCUT2D eigenvalue weighted by Crippen LogP contribution is -2.30. The number of aromatic nitrogens is 2. The van der Waals surface area contributed by atoms with Gasteiger partial charge in [0.2, 0.25) is 5.91 Å². The summed E-state index contributed by atoms with van der Waals surface area (Å²) in [5.74, 6) is 0.378. The highest BCUT2D eigenvalue weighted by Crippen LogP contribution is 2.14. The Labute approximate surface area is 100 Å². The van der Waals surface area contributed by atoms with E-state index in [1.807, 2.05) is 0 Å². The van der Waals surface area contributed by atoms with Gasteiger partial charge in [0.15, 0.2) is 0 Å². The van der Waals surface area contributed by atoms with Crippen LogP contribution in [0.3, 0.4) is 0 Å². The zero-order chi connectivity index (χ0) is 12.1. The largest absolute Gasteiger partial charge is 0.382 e. The molecule has 1 unspecified atom stereocenters. The van der Waals surface area contributed by atoms with E-state index >= 15 is 0 Å². The van der Waals surface area contributed by atoms with Crippen molar-refractivity contribution in [2.75, 3.05) is 18.9 Å². The summed E-state index contributed by atoms with van der Waals surface area (Å²) >= 11 is 0. The van der Waals surface area contributed by atoms with Crippen LogP contribution in [0.15, 0.2) is 12.3 Å². The van der Waals surface area contributed by atoms with Crippen molar-refractivity contribution in [3.8, 4) is 0 Å². The first-order valence-corrected chi connectivity index (χ1v) is 5.91. The summed E-state index contributed by atoms with van der Waals surface area (Å²) in [6.07, 6.45) is 5.12. The number of carbonyl (C=O) groups is 1. The molecule has 1 aromatic rings. The van der Waals surface area contributed by atoms with Gasteiger partial charge in [-0.25, -0.2) is 0 Å². The summed E-state index contributed by atoms with van der Waals surface area (Å²) < 4.78 is 7.00. The van der Waals surface area contributed by atoms with Gasteiger partial charge < -0.3 is 15.8 Å². The van der Waals surface area contributed by atoms with Crippen LogP contribution >= 0.6 is 0 Å². The van der Waals surface area contributed by atoms with Gasteiger partial charge in [0.1, 0.15) is 12.4 Å². The molecule has 0 radical (unpaired) electrons. The maximum atomic E-state index is 11.5. The number of anilines is 1. The summed E-state index contributed by atoms with van der Waals surface area (Å²) in [5.41, 5.74) is 5.46. The van der Waals surface area contributed by atoms with Gasteiger partial charge in [0.05, 0.1) is 6.10 Å². The molecule has 17 heavy (non-hydrogen) atoms. The van der Waals surface area contributed by atoms with Crippen LogP contribution in [0.25, 0.3) is 0 Å². The summed E-state index contributed by atoms with van der Waals surface area (Å²) in [7, 11) is 0. The molecule has 2 heterocycles. The molecule has 3 N–H and O–H groups in total. The molecule has 1 amide bonds. The SMILES string of the molecule is Nc1ccn(CC(=O)NCCC2CCCO2)n1. The van der Waals surface area contributed by atoms with Crippen molar-refractivity contribution in [1.29, 1.82) is 0 Å². The molecule has 1 aliphatic heterocycles. The van der Waals surface area contributed by atoms with Crippen LogP contribution in [0.2, 0.25) is 0 Å². The number of amides is 1. The first-order valence-electron chi connectivity index (χ1n) is 5.91. The summed E-state index contributed by atoms with van der Waals surface area (Å²) in [6, 6.07) is 1.67. The van der Waals surface area contributed by atoms with Crippen LogP contribution in [-0.4, -0.2) is 34.9 Å². The molecule has 6 nitrogen and oxygen atoms in total. The highest BCUT2D eigenvalue weighted by molar-refractivity contribution is 5.75. The van der Waals surface area contributed by atoms with Crippen LogP contribution in [0.1, 0.15) is 19.3 Å². The van der Waals surface area contributed by atoms with E-state index < -0.39 is 0 Å². The molecular weight excluding hydrogens is 220 g/mol. The number of hydrogen-bond donors (Lipinski definition) is 2. The van der Waals surface area contributed by atoms with Crippen LogP contribution in [-0.2, 0) is 16.1 Å². The van der Waals surface area contributed by atoms with Crippen molar-refractivity contribution in [2.24, 2.45) is 0 Å². The summed E-state index contributed by atoms with van der Waals surface area (Å²) in [5, 5.41) is 6.79. The van der Waals surface area contributed by atoms with Gasteiger partial charge in [-0.3, -0.25) is 9.48 Å². The Kier molecular flexibility index (Phi) is 3.98. The number of rotatable bonds is 5. The van der Waals surface area contributed by atoms with Crippen LogP contribution in [0, 0.1) is 0 Å². The summed E-state index contributed by atoms with van der Waals surface area (Å²) in [6.45, 7) is 1.72. The number of ether oxygens (including phenoxy) is 1.